The molecule has 0 saturated carbocycles. The van der Waals surface area contributed by atoms with E-state index in [2.05, 4.69) is 0 Å². The summed E-state index contributed by atoms with van der Waals surface area (Å²) < 4.78 is 19.3. The molecule has 1 saturated heterocycles. The zero-order valence-electron chi connectivity index (χ0n) is 15.3. The van der Waals surface area contributed by atoms with Gasteiger partial charge in [-0.15, -0.1) is 0 Å². The summed E-state index contributed by atoms with van der Waals surface area (Å²) in [7, 11) is 1.49. The van der Waals surface area contributed by atoms with Gasteiger partial charge in [0.05, 0.1) is 23.3 Å². The molecule has 148 valence electrons. The van der Waals surface area contributed by atoms with Crippen molar-refractivity contribution in [1.82, 2.24) is 9.80 Å². The predicted octanol–water partition coefficient (Wildman–Crippen LogP) is 4.13. The van der Waals surface area contributed by atoms with E-state index in [0.29, 0.717) is 42.4 Å². The summed E-state index contributed by atoms with van der Waals surface area (Å²) in [5.41, 5.74) is 0.229. The van der Waals surface area contributed by atoms with E-state index >= 15 is 0 Å². The van der Waals surface area contributed by atoms with E-state index in [1.165, 1.54) is 30.2 Å². The molecule has 0 unspecified atom stereocenters. The fourth-order valence-corrected chi connectivity index (χ4v) is 3.62. The molecule has 1 heterocycles. The van der Waals surface area contributed by atoms with E-state index in [0.717, 1.165) is 0 Å². The molecule has 0 atom stereocenters. The predicted molar refractivity (Wildman–Crippen MR) is 106 cm³/mol. The van der Waals surface area contributed by atoms with Gasteiger partial charge in [-0.25, -0.2) is 4.39 Å². The Kier molecular flexibility index (Phi) is 6.42. The second-order valence-electron chi connectivity index (χ2n) is 6.38. The zero-order valence-corrected chi connectivity index (χ0v) is 16.8. The Balaban J connectivity index is 1.76. The Morgan fingerprint density at radius 2 is 1.68 bits per heavy atom. The lowest BCUT2D eigenvalue weighted by Crippen LogP contribution is -2.37. The average molecular weight is 425 g/mol. The van der Waals surface area contributed by atoms with E-state index in [-0.39, 0.29) is 23.0 Å². The van der Waals surface area contributed by atoms with E-state index in [1.807, 2.05) is 0 Å². The van der Waals surface area contributed by atoms with Crippen LogP contribution in [0.1, 0.15) is 27.1 Å². The number of hydrogen-bond donors (Lipinski definition) is 0. The number of carbonyl (C=O) groups excluding carboxylic acids is 2. The van der Waals surface area contributed by atoms with Gasteiger partial charge in [-0.05, 0) is 36.8 Å². The van der Waals surface area contributed by atoms with Crippen molar-refractivity contribution < 1.29 is 18.7 Å². The lowest BCUT2D eigenvalue weighted by molar-refractivity contribution is 0.0714. The third kappa shape index (κ3) is 4.23. The van der Waals surface area contributed by atoms with Crippen molar-refractivity contribution in [3.05, 3.63) is 63.4 Å². The van der Waals surface area contributed by atoms with Crippen LogP contribution in [0.4, 0.5) is 4.39 Å². The summed E-state index contributed by atoms with van der Waals surface area (Å²) in [6.45, 7) is 1.45. The summed E-state index contributed by atoms with van der Waals surface area (Å²) in [4.78, 5) is 28.9. The van der Waals surface area contributed by atoms with Gasteiger partial charge in [0.2, 0.25) is 0 Å². The smallest absolute Gasteiger partial charge is 0.258 e. The molecule has 8 heteroatoms. The van der Waals surface area contributed by atoms with Gasteiger partial charge in [0.1, 0.15) is 11.6 Å². The number of benzene rings is 2. The Hall–Kier alpha value is -2.31. The summed E-state index contributed by atoms with van der Waals surface area (Å²) in [5.74, 6) is -0.918. The van der Waals surface area contributed by atoms with E-state index in [9.17, 15) is 14.0 Å². The van der Waals surface area contributed by atoms with Crippen LogP contribution in [0.5, 0.6) is 5.75 Å². The molecular weight excluding hydrogens is 406 g/mol. The minimum atomic E-state index is -0.654. The monoisotopic (exact) mass is 424 g/mol. The van der Waals surface area contributed by atoms with Crippen molar-refractivity contribution in [2.24, 2.45) is 0 Å². The van der Waals surface area contributed by atoms with Crippen molar-refractivity contribution in [3.63, 3.8) is 0 Å². The maximum Gasteiger partial charge on any atom is 0.258 e. The molecule has 0 aromatic heterocycles. The van der Waals surface area contributed by atoms with Crippen LogP contribution in [-0.2, 0) is 0 Å². The number of hydrogen-bond acceptors (Lipinski definition) is 3. The number of nitrogens with zero attached hydrogens (tertiary/aromatic N) is 2. The number of rotatable bonds is 3. The highest BCUT2D eigenvalue weighted by atomic mass is 35.5. The molecule has 2 amide bonds. The molecule has 5 nitrogen and oxygen atoms in total. The maximum atomic E-state index is 14.1. The molecule has 2 aromatic rings. The molecular formula is C20H19Cl2FN2O3. The fraction of sp³-hybridized carbons (Fsp3) is 0.300. The molecule has 28 heavy (non-hydrogen) atoms. The van der Waals surface area contributed by atoms with Crippen LogP contribution >= 0.6 is 23.2 Å². The van der Waals surface area contributed by atoms with E-state index < -0.39 is 11.7 Å². The standard InChI is InChI=1S/C20H19Cl2FN2O3/c1-28-17-7-6-13(21)12-14(17)19(26)24-8-3-9-25(11-10-24)20(27)18-15(22)4-2-5-16(18)23/h2,4-7,12H,3,8-11H2,1H3. The van der Waals surface area contributed by atoms with Crippen molar-refractivity contribution in [1.29, 1.82) is 0 Å². The first kappa shape index (κ1) is 20.4. The maximum absolute atomic E-state index is 14.1. The first-order valence-corrected chi connectivity index (χ1v) is 9.54. The van der Waals surface area contributed by atoms with Crippen LogP contribution in [0.3, 0.4) is 0 Å². The van der Waals surface area contributed by atoms with Crippen molar-refractivity contribution in [2.45, 2.75) is 6.42 Å². The highest BCUT2D eigenvalue weighted by molar-refractivity contribution is 6.33. The van der Waals surface area contributed by atoms with Crippen molar-refractivity contribution in [3.8, 4) is 5.75 Å². The number of carbonyl (C=O) groups is 2. The zero-order chi connectivity index (χ0) is 20.3. The van der Waals surface area contributed by atoms with Crippen LogP contribution in [0, 0.1) is 5.82 Å². The largest absolute Gasteiger partial charge is 0.496 e. The molecule has 3 rings (SSSR count). The Morgan fingerprint density at radius 3 is 2.32 bits per heavy atom. The third-order valence-electron chi connectivity index (χ3n) is 4.64. The SMILES string of the molecule is COc1ccc(Cl)cc1C(=O)N1CCCN(C(=O)c2c(F)cccc2Cl)CC1. The van der Waals surface area contributed by atoms with Gasteiger partial charge in [-0.3, -0.25) is 9.59 Å². The highest BCUT2D eigenvalue weighted by Crippen LogP contribution is 2.25. The highest BCUT2D eigenvalue weighted by Gasteiger charge is 2.27. The van der Waals surface area contributed by atoms with E-state index in [1.54, 1.807) is 23.1 Å². The lowest BCUT2D eigenvalue weighted by Gasteiger charge is -2.23. The first-order valence-electron chi connectivity index (χ1n) is 8.78. The number of amides is 2. The van der Waals surface area contributed by atoms with Gasteiger partial charge < -0.3 is 14.5 Å². The first-order chi connectivity index (χ1) is 13.4. The van der Waals surface area contributed by atoms with E-state index in [4.69, 9.17) is 27.9 Å². The Morgan fingerprint density at radius 1 is 1.00 bits per heavy atom. The van der Waals surface area contributed by atoms with Crippen molar-refractivity contribution >= 4 is 35.0 Å². The van der Waals surface area contributed by atoms with Gasteiger partial charge in [0.25, 0.3) is 11.8 Å². The molecule has 1 aliphatic rings. The molecule has 2 aromatic carbocycles. The van der Waals surface area contributed by atoms with Crippen LogP contribution in [-0.4, -0.2) is 54.9 Å². The summed E-state index contributed by atoms with van der Waals surface area (Å²) in [6, 6.07) is 9.00. The molecule has 0 bridgehead atoms. The van der Waals surface area contributed by atoms with Crippen LogP contribution < -0.4 is 4.74 Å². The van der Waals surface area contributed by atoms with Gasteiger partial charge in [-0.2, -0.15) is 0 Å². The lowest BCUT2D eigenvalue weighted by atomic mass is 10.1. The Labute approximate surface area is 172 Å². The number of ether oxygens (including phenoxy) is 1. The quantitative estimate of drug-likeness (QED) is 0.743. The molecule has 1 aliphatic heterocycles. The second-order valence-corrected chi connectivity index (χ2v) is 7.22. The van der Waals surface area contributed by atoms with Crippen LogP contribution in [0.25, 0.3) is 0 Å². The topological polar surface area (TPSA) is 49.9 Å². The van der Waals surface area contributed by atoms with Gasteiger partial charge in [0.15, 0.2) is 0 Å². The molecule has 1 fully saturated rings. The van der Waals surface area contributed by atoms with Gasteiger partial charge in [0, 0.05) is 31.2 Å². The minimum absolute atomic E-state index is 0.0749. The normalized spacial score (nSPS) is 14.6. The summed E-state index contributed by atoms with van der Waals surface area (Å²) in [5, 5.41) is 0.510. The average Bonchev–Trinajstić information content (AvgIpc) is 2.93. The molecule has 0 N–H and O–H groups in total. The summed E-state index contributed by atoms with van der Waals surface area (Å²) >= 11 is 12.0. The second kappa shape index (κ2) is 8.80. The molecule has 0 spiro atoms. The van der Waals surface area contributed by atoms with Gasteiger partial charge >= 0.3 is 0 Å². The minimum Gasteiger partial charge on any atom is -0.496 e. The third-order valence-corrected chi connectivity index (χ3v) is 5.19. The number of methoxy groups -OCH3 is 1. The Bertz CT molecular complexity index is 887. The van der Waals surface area contributed by atoms with Crippen molar-refractivity contribution in [2.75, 3.05) is 33.3 Å². The molecule has 0 aliphatic carbocycles. The number of halogens is 3. The molecule has 0 radical (unpaired) electrons. The summed E-state index contributed by atoms with van der Waals surface area (Å²) in [6.07, 6.45) is 0.562. The van der Waals surface area contributed by atoms with Crippen LogP contribution in [0.15, 0.2) is 36.4 Å². The van der Waals surface area contributed by atoms with Gasteiger partial charge in [-0.1, -0.05) is 29.3 Å². The van der Waals surface area contributed by atoms with Crippen LogP contribution in [0.2, 0.25) is 10.0 Å². The fourth-order valence-electron chi connectivity index (χ4n) is 3.20.